The van der Waals surface area contributed by atoms with Gasteiger partial charge in [0.15, 0.2) is 18.2 Å². The molecule has 0 saturated heterocycles. The Morgan fingerprint density at radius 1 is 1.11 bits per heavy atom. The smallest absolute Gasteiger partial charge is 0.282 e. The molecule has 1 amide bonds. The summed E-state index contributed by atoms with van der Waals surface area (Å²) in [4.78, 5) is 31.0. The monoisotopic (exact) mass is 704 g/mol. The molecule has 46 heavy (non-hydrogen) atoms. The number of nitrogens with zero attached hydrogens (tertiary/aromatic N) is 3. The van der Waals surface area contributed by atoms with Crippen LogP contribution < -0.4 is 20.3 Å². The van der Waals surface area contributed by atoms with E-state index in [4.69, 9.17) is 26.1 Å². The van der Waals surface area contributed by atoms with Crippen LogP contribution >= 0.6 is 27.5 Å². The molecule has 0 bridgehead atoms. The van der Waals surface area contributed by atoms with E-state index in [9.17, 15) is 14.0 Å². The number of amides is 1. The highest BCUT2D eigenvalue weighted by Gasteiger charge is 2.19. The highest BCUT2D eigenvalue weighted by molar-refractivity contribution is 9.10. The SMILES string of the molecule is CCOc1cc(C)c(-c2nc3ccccc3c(=O)n2N=Cc2cc(Cl)c(OCC(=O)Nc3ccccc3F)c(Br)c2)cc1C(C)C. The standard InChI is InChI=1S/C35H31BrClFN4O4/c1-5-45-31-14-21(4)25(17-24(31)20(2)3)34-41-29-12-8-6-10-23(29)35(44)42(34)39-18-22-15-26(36)33(27(37)16-22)46-19-32(43)40-30-13-9-7-11-28(30)38/h6-18,20H,5,19H2,1-4H3,(H,40,43). The zero-order valence-corrected chi connectivity index (χ0v) is 27.9. The molecule has 0 atom stereocenters. The number of fused-ring (bicyclic) bond motifs is 1. The van der Waals surface area contributed by atoms with Crippen molar-refractivity contribution in [3.05, 3.63) is 115 Å². The number of anilines is 1. The van der Waals surface area contributed by atoms with Crippen molar-refractivity contribution >= 4 is 56.2 Å². The molecule has 0 aliphatic rings. The number of benzene rings is 4. The lowest BCUT2D eigenvalue weighted by Crippen LogP contribution is -2.21. The van der Waals surface area contributed by atoms with Crippen molar-refractivity contribution in [1.29, 1.82) is 0 Å². The van der Waals surface area contributed by atoms with Crippen LogP contribution in [0.5, 0.6) is 11.5 Å². The third-order valence-corrected chi connectivity index (χ3v) is 7.98. The second kappa shape index (κ2) is 14.3. The molecule has 0 unspecified atom stereocenters. The maximum Gasteiger partial charge on any atom is 0.282 e. The maximum atomic E-state index is 13.9. The van der Waals surface area contributed by atoms with Gasteiger partial charge in [0.05, 0.1) is 38.9 Å². The summed E-state index contributed by atoms with van der Waals surface area (Å²) < 4.78 is 27.2. The van der Waals surface area contributed by atoms with E-state index in [1.807, 2.05) is 32.0 Å². The minimum absolute atomic E-state index is 0.0477. The van der Waals surface area contributed by atoms with Gasteiger partial charge in [-0.15, -0.1) is 0 Å². The number of halogens is 3. The van der Waals surface area contributed by atoms with Gasteiger partial charge in [-0.25, -0.2) is 9.37 Å². The Morgan fingerprint density at radius 3 is 2.57 bits per heavy atom. The first-order valence-electron chi connectivity index (χ1n) is 14.6. The lowest BCUT2D eigenvalue weighted by molar-refractivity contribution is -0.118. The molecule has 0 radical (unpaired) electrons. The Bertz CT molecular complexity index is 2010. The Hall–Kier alpha value is -4.54. The second-order valence-electron chi connectivity index (χ2n) is 10.7. The topological polar surface area (TPSA) is 94.8 Å². The Balaban J connectivity index is 1.49. The third-order valence-electron chi connectivity index (χ3n) is 7.11. The lowest BCUT2D eigenvalue weighted by atomic mass is 9.96. The van der Waals surface area contributed by atoms with Crippen molar-refractivity contribution in [2.45, 2.75) is 33.6 Å². The van der Waals surface area contributed by atoms with E-state index in [0.29, 0.717) is 33.4 Å². The van der Waals surface area contributed by atoms with Crippen molar-refractivity contribution in [2.75, 3.05) is 18.5 Å². The summed E-state index contributed by atoms with van der Waals surface area (Å²) in [6.07, 6.45) is 1.50. The molecular formula is C35H31BrClFN4O4. The zero-order valence-electron chi connectivity index (χ0n) is 25.6. The Morgan fingerprint density at radius 2 is 1.85 bits per heavy atom. The predicted molar refractivity (Wildman–Crippen MR) is 184 cm³/mol. The summed E-state index contributed by atoms with van der Waals surface area (Å²) in [6.45, 7) is 8.19. The van der Waals surface area contributed by atoms with Gasteiger partial charge in [0.2, 0.25) is 0 Å². The second-order valence-corrected chi connectivity index (χ2v) is 12.0. The van der Waals surface area contributed by atoms with E-state index in [1.54, 1.807) is 36.4 Å². The van der Waals surface area contributed by atoms with Crippen molar-refractivity contribution in [3.63, 3.8) is 0 Å². The van der Waals surface area contributed by atoms with Crippen molar-refractivity contribution < 1.29 is 18.7 Å². The van der Waals surface area contributed by atoms with Crippen molar-refractivity contribution in [3.8, 4) is 22.9 Å². The Labute approximate surface area is 279 Å². The molecule has 0 aliphatic heterocycles. The van der Waals surface area contributed by atoms with E-state index < -0.39 is 18.3 Å². The number of aryl methyl sites for hydroxylation is 1. The molecule has 11 heteroatoms. The van der Waals surface area contributed by atoms with Gasteiger partial charge in [-0.1, -0.05) is 49.7 Å². The largest absolute Gasteiger partial charge is 0.494 e. The fourth-order valence-corrected chi connectivity index (χ4v) is 5.87. The number of carbonyl (C=O) groups excluding carboxylic acids is 1. The fraction of sp³-hybridized carbons (Fsp3) is 0.200. The van der Waals surface area contributed by atoms with Crippen LogP contribution in [0, 0.1) is 12.7 Å². The van der Waals surface area contributed by atoms with E-state index >= 15 is 0 Å². The Kier molecular flexibility index (Phi) is 10.2. The molecule has 1 heterocycles. The minimum atomic E-state index is -0.556. The molecule has 4 aromatic carbocycles. The fourth-order valence-electron chi connectivity index (χ4n) is 4.88. The molecule has 5 aromatic rings. The molecule has 5 rings (SSSR count). The van der Waals surface area contributed by atoms with Gasteiger partial charge in [-0.05, 0) is 101 Å². The molecule has 1 aromatic heterocycles. The van der Waals surface area contributed by atoms with Gasteiger partial charge in [0.1, 0.15) is 11.6 Å². The number of rotatable bonds is 10. The molecule has 0 fully saturated rings. The van der Waals surface area contributed by atoms with Crippen LogP contribution in [0.15, 0.2) is 87.2 Å². The first kappa shape index (κ1) is 32.8. The zero-order chi connectivity index (χ0) is 33.0. The van der Waals surface area contributed by atoms with Gasteiger partial charge in [0, 0.05) is 5.56 Å². The van der Waals surface area contributed by atoms with Crippen LogP contribution in [-0.2, 0) is 4.79 Å². The van der Waals surface area contributed by atoms with Crippen LogP contribution in [0.25, 0.3) is 22.3 Å². The highest BCUT2D eigenvalue weighted by Crippen LogP contribution is 2.36. The number of para-hydroxylation sites is 2. The number of carbonyl (C=O) groups is 1. The van der Waals surface area contributed by atoms with Crippen LogP contribution in [0.4, 0.5) is 10.1 Å². The average Bonchev–Trinajstić information content (AvgIpc) is 3.01. The summed E-state index contributed by atoms with van der Waals surface area (Å²) in [7, 11) is 0. The van der Waals surface area contributed by atoms with Crippen LogP contribution in [-0.4, -0.2) is 35.0 Å². The quantitative estimate of drug-likeness (QED) is 0.148. The summed E-state index contributed by atoms with van der Waals surface area (Å²) in [5.41, 5.74) is 3.45. The first-order chi connectivity index (χ1) is 22.1. The van der Waals surface area contributed by atoms with E-state index in [2.05, 4.69) is 40.2 Å². The van der Waals surface area contributed by atoms with Crippen molar-refractivity contribution in [1.82, 2.24) is 9.66 Å². The van der Waals surface area contributed by atoms with Crippen LogP contribution in [0.3, 0.4) is 0 Å². The number of ether oxygens (including phenoxy) is 2. The van der Waals surface area contributed by atoms with Crippen molar-refractivity contribution in [2.24, 2.45) is 5.10 Å². The average molecular weight is 706 g/mol. The van der Waals surface area contributed by atoms with E-state index in [0.717, 1.165) is 22.4 Å². The summed E-state index contributed by atoms with van der Waals surface area (Å²) in [5.74, 6) is 0.451. The highest BCUT2D eigenvalue weighted by atomic mass is 79.9. The number of aromatic nitrogens is 2. The van der Waals surface area contributed by atoms with Gasteiger partial charge in [-0.2, -0.15) is 9.78 Å². The molecule has 8 nitrogen and oxygen atoms in total. The maximum absolute atomic E-state index is 13.9. The number of hydrogen-bond acceptors (Lipinski definition) is 6. The van der Waals surface area contributed by atoms with Gasteiger partial charge >= 0.3 is 0 Å². The van der Waals surface area contributed by atoms with Gasteiger partial charge in [0.25, 0.3) is 11.5 Å². The van der Waals surface area contributed by atoms with E-state index in [-0.39, 0.29) is 27.9 Å². The van der Waals surface area contributed by atoms with Gasteiger partial charge < -0.3 is 14.8 Å². The first-order valence-corrected chi connectivity index (χ1v) is 15.7. The predicted octanol–water partition coefficient (Wildman–Crippen LogP) is 8.35. The molecule has 1 N–H and O–H groups in total. The minimum Gasteiger partial charge on any atom is -0.494 e. The third kappa shape index (κ3) is 7.13. The van der Waals surface area contributed by atoms with Crippen LogP contribution in [0.2, 0.25) is 5.02 Å². The van der Waals surface area contributed by atoms with E-state index in [1.165, 1.54) is 29.1 Å². The van der Waals surface area contributed by atoms with Gasteiger partial charge in [-0.3, -0.25) is 9.59 Å². The molecule has 0 saturated carbocycles. The van der Waals surface area contributed by atoms with Crippen LogP contribution in [0.1, 0.15) is 43.4 Å². The lowest BCUT2D eigenvalue weighted by Gasteiger charge is -2.18. The molecule has 0 spiro atoms. The molecule has 0 aliphatic carbocycles. The summed E-state index contributed by atoms with van der Waals surface area (Å²) in [5, 5.41) is 7.67. The summed E-state index contributed by atoms with van der Waals surface area (Å²) in [6, 6.07) is 20.2. The summed E-state index contributed by atoms with van der Waals surface area (Å²) >= 11 is 9.97. The molecule has 236 valence electrons. The normalized spacial score (nSPS) is 11.4. The molecular weight excluding hydrogens is 675 g/mol. The number of nitrogens with one attached hydrogen (secondary N) is 1. The number of hydrogen-bond donors (Lipinski definition) is 1.